The minimum absolute atomic E-state index is 0.252. The number of carbonyl (C=O) groups excluding carboxylic acids is 1. The zero-order chi connectivity index (χ0) is 11.4. The Labute approximate surface area is 100 Å². The minimum atomic E-state index is 0.252. The van der Waals surface area contributed by atoms with Gasteiger partial charge in [-0.3, -0.25) is 4.79 Å². The lowest BCUT2D eigenvalue weighted by atomic mass is 9.98. The van der Waals surface area contributed by atoms with E-state index in [0.29, 0.717) is 12.3 Å². The summed E-state index contributed by atoms with van der Waals surface area (Å²) in [6.45, 7) is 6.26. The molecule has 0 radical (unpaired) electrons. The molecule has 0 saturated heterocycles. The first-order valence-electron chi connectivity index (χ1n) is 5.30. The molecule has 2 heteroatoms. The van der Waals surface area contributed by atoms with Crippen molar-refractivity contribution < 1.29 is 4.79 Å². The van der Waals surface area contributed by atoms with E-state index < -0.39 is 0 Å². The van der Waals surface area contributed by atoms with Crippen molar-refractivity contribution in [2.75, 3.05) is 0 Å². The molecule has 0 spiro atoms. The lowest BCUT2D eigenvalue weighted by Crippen LogP contribution is -2.03. The number of benzene rings is 1. The first-order valence-corrected chi connectivity index (χ1v) is 6.10. The highest BCUT2D eigenvalue weighted by Crippen LogP contribution is 2.21. The van der Waals surface area contributed by atoms with Crippen molar-refractivity contribution in [3.8, 4) is 0 Å². The average Bonchev–Trinajstić information content (AvgIpc) is 2.18. The quantitative estimate of drug-likeness (QED) is 0.741. The van der Waals surface area contributed by atoms with Gasteiger partial charge in [-0.1, -0.05) is 41.9 Å². The van der Waals surface area contributed by atoms with E-state index in [2.05, 4.69) is 29.8 Å². The highest BCUT2D eigenvalue weighted by molar-refractivity contribution is 9.10. The topological polar surface area (TPSA) is 17.1 Å². The molecule has 0 bridgehead atoms. The number of Topliss-reactive ketones (excluding diaryl/α,β-unsaturated/α-hetero) is 1. The Bertz CT molecular complexity index is 356. The Hall–Kier alpha value is -0.630. The first-order chi connectivity index (χ1) is 7.02. The smallest absolute Gasteiger partial charge is 0.163 e. The molecule has 0 saturated carbocycles. The van der Waals surface area contributed by atoms with Crippen molar-refractivity contribution in [3.63, 3.8) is 0 Å². The van der Waals surface area contributed by atoms with Crippen molar-refractivity contribution in [2.45, 2.75) is 33.6 Å². The van der Waals surface area contributed by atoms with Gasteiger partial charge in [0.15, 0.2) is 5.78 Å². The number of ketones is 1. The maximum absolute atomic E-state index is 11.9. The molecule has 0 aliphatic rings. The Morgan fingerprint density at radius 1 is 1.40 bits per heavy atom. The molecule has 0 atom stereocenters. The molecule has 1 aromatic carbocycles. The van der Waals surface area contributed by atoms with Crippen molar-refractivity contribution in [1.29, 1.82) is 0 Å². The fourth-order valence-corrected chi connectivity index (χ4v) is 1.83. The summed E-state index contributed by atoms with van der Waals surface area (Å²) >= 11 is 3.44. The normalized spacial score (nSPS) is 10.7. The lowest BCUT2D eigenvalue weighted by molar-refractivity contribution is 0.0975. The van der Waals surface area contributed by atoms with Gasteiger partial charge < -0.3 is 0 Å². The Morgan fingerprint density at radius 3 is 2.67 bits per heavy atom. The van der Waals surface area contributed by atoms with Gasteiger partial charge in [0.1, 0.15) is 0 Å². The monoisotopic (exact) mass is 268 g/mol. The van der Waals surface area contributed by atoms with Crippen LogP contribution in [0.4, 0.5) is 0 Å². The van der Waals surface area contributed by atoms with Gasteiger partial charge >= 0.3 is 0 Å². The van der Waals surface area contributed by atoms with Gasteiger partial charge in [0.25, 0.3) is 0 Å². The van der Waals surface area contributed by atoms with Gasteiger partial charge in [-0.25, -0.2) is 0 Å². The summed E-state index contributed by atoms with van der Waals surface area (Å²) in [5.41, 5.74) is 1.90. The van der Waals surface area contributed by atoms with Crippen molar-refractivity contribution >= 4 is 21.7 Å². The second-order valence-corrected chi connectivity index (χ2v) is 5.12. The van der Waals surface area contributed by atoms with Gasteiger partial charge in [-0.15, -0.1) is 0 Å². The summed E-state index contributed by atoms with van der Waals surface area (Å²) in [6.07, 6.45) is 1.61. The number of rotatable bonds is 4. The maximum atomic E-state index is 11.9. The molecule has 0 aliphatic heterocycles. The van der Waals surface area contributed by atoms with E-state index in [-0.39, 0.29) is 5.78 Å². The Balaban J connectivity index is 2.78. The van der Waals surface area contributed by atoms with Crippen LogP contribution in [0.3, 0.4) is 0 Å². The van der Waals surface area contributed by atoms with Crippen LogP contribution < -0.4 is 0 Å². The third kappa shape index (κ3) is 3.45. The molecule has 0 N–H and O–H groups in total. The third-order valence-electron chi connectivity index (χ3n) is 2.52. The van der Waals surface area contributed by atoms with Crippen LogP contribution in [0.15, 0.2) is 22.7 Å². The molecule has 82 valence electrons. The molecule has 0 amide bonds. The van der Waals surface area contributed by atoms with E-state index in [0.717, 1.165) is 22.0 Å². The molecular formula is C13H17BrO. The molecule has 1 rings (SSSR count). The minimum Gasteiger partial charge on any atom is -0.294 e. The second kappa shape index (κ2) is 5.45. The summed E-state index contributed by atoms with van der Waals surface area (Å²) < 4.78 is 1.01. The summed E-state index contributed by atoms with van der Waals surface area (Å²) in [5.74, 6) is 0.837. The molecule has 0 aliphatic carbocycles. The van der Waals surface area contributed by atoms with Crippen LogP contribution in [-0.2, 0) is 0 Å². The highest BCUT2D eigenvalue weighted by atomic mass is 79.9. The summed E-state index contributed by atoms with van der Waals surface area (Å²) in [5, 5.41) is 0. The summed E-state index contributed by atoms with van der Waals surface area (Å²) in [4.78, 5) is 11.9. The van der Waals surface area contributed by atoms with Crippen LogP contribution in [0.5, 0.6) is 0 Å². The largest absolute Gasteiger partial charge is 0.294 e. The lowest BCUT2D eigenvalue weighted by Gasteiger charge is -2.07. The van der Waals surface area contributed by atoms with Crippen LogP contribution in [0.25, 0.3) is 0 Å². The standard InChI is InChI=1S/C13H17BrO/c1-9(2)7-8-13(15)11-5-4-6-12(14)10(11)3/h4-6,9H,7-8H2,1-3H3. The zero-order valence-corrected chi connectivity index (χ0v) is 11.1. The van der Waals surface area contributed by atoms with Crippen LogP contribution in [0, 0.1) is 12.8 Å². The molecule has 1 aromatic rings. The second-order valence-electron chi connectivity index (χ2n) is 4.27. The van der Waals surface area contributed by atoms with E-state index in [1.165, 1.54) is 0 Å². The SMILES string of the molecule is Cc1c(Br)cccc1C(=O)CCC(C)C. The molecule has 1 nitrogen and oxygen atoms in total. The van der Waals surface area contributed by atoms with E-state index in [4.69, 9.17) is 0 Å². The van der Waals surface area contributed by atoms with Gasteiger partial charge in [0.05, 0.1) is 0 Å². The fourth-order valence-electron chi connectivity index (χ4n) is 1.46. The third-order valence-corrected chi connectivity index (χ3v) is 3.38. The van der Waals surface area contributed by atoms with E-state index in [1.54, 1.807) is 0 Å². The van der Waals surface area contributed by atoms with Gasteiger partial charge in [0, 0.05) is 16.5 Å². The molecule has 0 fully saturated rings. The predicted molar refractivity (Wildman–Crippen MR) is 67.3 cm³/mol. The maximum Gasteiger partial charge on any atom is 0.163 e. The summed E-state index contributed by atoms with van der Waals surface area (Å²) in [6, 6.07) is 5.79. The van der Waals surface area contributed by atoms with E-state index in [1.807, 2.05) is 25.1 Å². The first kappa shape index (κ1) is 12.4. The van der Waals surface area contributed by atoms with Crippen LogP contribution in [-0.4, -0.2) is 5.78 Å². The number of carbonyl (C=O) groups is 1. The molecule has 0 unspecified atom stereocenters. The van der Waals surface area contributed by atoms with E-state index >= 15 is 0 Å². The molecule has 15 heavy (non-hydrogen) atoms. The molecule has 0 heterocycles. The Kier molecular flexibility index (Phi) is 4.52. The number of hydrogen-bond acceptors (Lipinski definition) is 1. The zero-order valence-electron chi connectivity index (χ0n) is 9.51. The van der Waals surface area contributed by atoms with Gasteiger partial charge in [-0.2, -0.15) is 0 Å². The van der Waals surface area contributed by atoms with Gasteiger partial charge in [-0.05, 0) is 30.9 Å². The predicted octanol–water partition coefficient (Wildman–Crippen LogP) is 4.38. The van der Waals surface area contributed by atoms with Crippen molar-refractivity contribution in [3.05, 3.63) is 33.8 Å². The number of halogens is 1. The van der Waals surface area contributed by atoms with Gasteiger partial charge in [0.2, 0.25) is 0 Å². The fraction of sp³-hybridized carbons (Fsp3) is 0.462. The molecule has 0 aromatic heterocycles. The Morgan fingerprint density at radius 2 is 2.07 bits per heavy atom. The number of hydrogen-bond donors (Lipinski definition) is 0. The van der Waals surface area contributed by atoms with Crippen LogP contribution >= 0.6 is 15.9 Å². The molecular weight excluding hydrogens is 252 g/mol. The van der Waals surface area contributed by atoms with Crippen molar-refractivity contribution in [2.24, 2.45) is 5.92 Å². The highest BCUT2D eigenvalue weighted by Gasteiger charge is 2.10. The average molecular weight is 269 g/mol. The van der Waals surface area contributed by atoms with E-state index in [9.17, 15) is 4.79 Å². The van der Waals surface area contributed by atoms with Crippen LogP contribution in [0.2, 0.25) is 0 Å². The van der Waals surface area contributed by atoms with Crippen LogP contribution in [0.1, 0.15) is 42.6 Å². The summed E-state index contributed by atoms with van der Waals surface area (Å²) in [7, 11) is 0. The van der Waals surface area contributed by atoms with Crippen molar-refractivity contribution in [1.82, 2.24) is 0 Å².